The van der Waals surface area contributed by atoms with Crippen molar-refractivity contribution in [2.75, 3.05) is 19.8 Å². The van der Waals surface area contributed by atoms with Gasteiger partial charge in [-0.15, -0.1) is 0 Å². The van der Waals surface area contributed by atoms with Gasteiger partial charge in [0.15, 0.2) is 12.0 Å². The van der Waals surface area contributed by atoms with Crippen LogP contribution in [0.4, 0.5) is 0 Å². The number of nitriles is 1. The van der Waals surface area contributed by atoms with Gasteiger partial charge in [0.05, 0.1) is 6.61 Å². The van der Waals surface area contributed by atoms with E-state index in [-0.39, 0.29) is 6.29 Å². The summed E-state index contributed by atoms with van der Waals surface area (Å²) in [6.45, 7) is 1.69. The van der Waals surface area contributed by atoms with Gasteiger partial charge in [-0.05, 0) is 19.3 Å². The molecule has 0 saturated carbocycles. The Bertz CT molecular complexity index is 382. The highest BCUT2D eigenvalue weighted by Gasteiger charge is 2.13. The molecule has 6 heteroatoms. The summed E-state index contributed by atoms with van der Waals surface area (Å²) in [5, 5.41) is 10.8. The van der Waals surface area contributed by atoms with E-state index in [0.717, 1.165) is 25.9 Å². The third-order valence-corrected chi connectivity index (χ3v) is 3.10. The van der Waals surface area contributed by atoms with Gasteiger partial charge < -0.3 is 14.2 Å². The average molecular weight is 254 g/mol. The fourth-order valence-electron chi connectivity index (χ4n) is 1.53. The van der Waals surface area contributed by atoms with E-state index >= 15 is 0 Å². The summed E-state index contributed by atoms with van der Waals surface area (Å²) in [6.07, 6.45) is 3.14. The average Bonchev–Trinajstić information content (AvgIpc) is 2.84. The maximum Gasteiger partial charge on any atom is 0.274 e. The second kappa shape index (κ2) is 6.55. The lowest BCUT2D eigenvalue weighted by Crippen LogP contribution is -2.24. The summed E-state index contributed by atoms with van der Waals surface area (Å²) in [6, 6.07) is 1.96. The molecule has 0 N–H and O–H groups in total. The van der Waals surface area contributed by atoms with Crippen molar-refractivity contribution in [3.8, 4) is 11.3 Å². The van der Waals surface area contributed by atoms with E-state index in [1.807, 2.05) is 6.07 Å². The standard InChI is InChI=1S/C11H14N2O3S/c12-7-9-8-17-11(13-9)16-6-5-15-10-3-1-2-4-14-10/h8,10H,1-6H2. The first kappa shape index (κ1) is 12.3. The molecule has 1 aromatic heterocycles. The van der Waals surface area contributed by atoms with Gasteiger partial charge in [0, 0.05) is 12.0 Å². The molecule has 0 aliphatic carbocycles. The highest BCUT2D eigenvalue weighted by molar-refractivity contribution is 7.11. The molecule has 0 spiro atoms. The number of nitrogens with zero attached hydrogens (tertiary/aromatic N) is 2. The van der Waals surface area contributed by atoms with Gasteiger partial charge in [0.1, 0.15) is 12.7 Å². The Morgan fingerprint density at radius 2 is 2.47 bits per heavy atom. The second-order valence-corrected chi connectivity index (χ2v) is 4.45. The molecule has 0 radical (unpaired) electrons. The Kier molecular flexibility index (Phi) is 4.74. The lowest BCUT2D eigenvalue weighted by molar-refractivity contribution is -0.165. The van der Waals surface area contributed by atoms with Crippen LogP contribution >= 0.6 is 11.3 Å². The fraction of sp³-hybridized carbons (Fsp3) is 0.636. The van der Waals surface area contributed by atoms with Crippen molar-refractivity contribution in [3.63, 3.8) is 0 Å². The first-order valence-electron chi connectivity index (χ1n) is 5.60. The van der Waals surface area contributed by atoms with Crippen LogP contribution < -0.4 is 4.74 Å². The molecule has 1 aliphatic heterocycles. The van der Waals surface area contributed by atoms with Crippen molar-refractivity contribution in [3.05, 3.63) is 11.1 Å². The Balaban J connectivity index is 1.61. The molecule has 17 heavy (non-hydrogen) atoms. The van der Waals surface area contributed by atoms with E-state index in [2.05, 4.69) is 4.98 Å². The maximum absolute atomic E-state index is 8.59. The van der Waals surface area contributed by atoms with Gasteiger partial charge >= 0.3 is 0 Å². The van der Waals surface area contributed by atoms with Crippen molar-refractivity contribution >= 4 is 11.3 Å². The zero-order valence-electron chi connectivity index (χ0n) is 9.42. The Morgan fingerprint density at radius 3 is 3.18 bits per heavy atom. The molecule has 0 bridgehead atoms. The van der Waals surface area contributed by atoms with E-state index in [9.17, 15) is 0 Å². The zero-order chi connectivity index (χ0) is 11.9. The molecule has 92 valence electrons. The zero-order valence-corrected chi connectivity index (χ0v) is 10.2. The van der Waals surface area contributed by atoms with Crippen LogP contribution in [0.3, 0.4) is 0 Å². The predicted molar refractivity (Wildman–Crippen MR) is 61.9 cm³/mol. The first-order chi connectivity index (χ1) is 8.38. The van der Waals surface area contributed by atoms with Crippen LogP contribution in [-0.2, 0) is 9.47 Å². The van der Waals surface area contributed by atoms with Gasteiger partial charge in [0.2, 0.25) is 0 Å². The van der Waals surface area contributed by atoms with Crippen molar-refractivity contribution in [1.29, 1.82) is 5.26 Å². The smallest absolute Gasteiger partial charge is 0.274 e. The van der Waals surface area contributed by atoms with Crippen molar-refractivity contribution < 1.29 is 14.2 Å². The minimum atomic E-state index is -0.0849. The molecule has 5 nitrogen and oxygen atoms in total. The molecule has 0 amide bonds. The molecule has 0 aromatic carbocycles. The lowest BCUT2D eigenvalue weighted by Gasteiger charge is -2.22. The number of aromatic nitrogens is 1. The molecular weight excluding hydrogens is 240 g/mol. The molecule has 1 aromatic rings. The molecule has 2 heterocycles. The number of ether oxygens (including phenoxy) is 3. The van der Waals surface area contributed by atoms with E-state index in [0.29, 0.717) is 24.1 Å². The van der Waals surface area contributed by atoms with Gasteiger partial charge in [0.25, 0.3) is 5.19 Å². The molecular formula is C11H14N2O3S. The van der Waals surface area contributed by atoms with Crippen LogP contribution in [-0.4, -0.2) is 31.1 Å². The van der Waals surface area contributed by atoms with Gasteiger partial charge in [-0.2, -0.15) is 10.2 Å². The minimum absolute atomic E-state index is 0.0849. The second-order valence-electron chi connectivity index (χ2n) is 3.63. The van der Waals surface area contributed by atoms with Gasteiger partial charge in [-0.1, -0.05) is 11.3 Å². The Labute approximate surface area is 104 Å². The maximum atomic E-state index is 8.59. The largest absolute Gasteiger partial charge is 0.468 e. The van der Waals surface area contributed by atoms with Crippen LogP contribution in [0.15, 0.2) is 5.38 Å². The Hall–Kier alpha value is -1.16. The molecule has 1 aliphatic rings. The minimum Gasteiger partial charge on any atom is -0.468 e. The highest BCUT2D eigenvalue weighted by Crippen LogP contribution is 2.17. The molecule has 1 unspecified atom stereocenters. The number of rotatable bonds is 5. The third kappa shape index (κ3) is 3.97. The van der Waals surface area contributed by atoms with Crippen LogP contribution in [0.25, 0.3) is 0 Å². The third-order valence-electron chi connectivity index (χ3n) is 2.35. The van der Waals surface area contributed by atoms with Crippen molar-refractivity contribution in [1.82, 2.24) is 4.98 Å². The molecule has 1 fully saturated rings. The van der Waals surface area contributed by atoms with E-state index in [1.54, 1.807) is 5.38 Å². The summed E-state index contributed by atoms with van der Waals surface area (Å²) in [7, 11) is 0. The fourth-order valence-corrected chi connectivity index (χ4v) is 2.15. The molecule has 2 rings (SSSR count). The Morgan fingerprint density at radius 1 is 1.53 bits per heavy atom. The van der Waals surface area contributed by atoms with Crippen LogP contribution in [0.5, 0.6) is 5.19 Å². The van der Waals surface area contributed by atoms with E-state index in [1.165, 1.54) is 11.3 Å². The van der Waals surface area contributed by atoms with Gasteiger partial charge in [-0.3, -0.25) is 0 Å². The van der Waals surface area contributed by atoms with Crippen molar-refractivity contribution in [2.45, 2.75) is 25.6 Å². The first-order valence-corrected chi connectivity index (χ1v) is 6.48. The normalized spacial score (nSPS) is 19.8. The summed E-state index contributed by atoms with van der Waals surface area (Å²) in [5.74, 6) is 0. The molecule has 1 saturated heterocycles. The topological polar surface area (TPSA) is 64.4 Å². The number of hydrogen-bond donors (Lipinski definition) is 0. The summed E-state index contributed by atoms with van der Waals surface area (Å²) < 4.78 is 16.3. The van der Waals surface area contributed by atoms with Gasteiger partial charge in [-0.25, -0.2) is 0 Å². The highest BCUT2D eigenvalue weighted by atomic mass is 32.1. The number of hydrogen-bond acceptors (Lipinski definition) is 6. The SMILES string of the molecule is N#Cc1csc(OCCOC2CCCCO2)n1. The van der Waals surface area contributed by atoms with Crippen LogP contribution in [0.1, 0.15) is 25.0 Å². The summed E-state index contributed by atoms with van der Waals surface area (Å²) in [5.41, 5.74) is 0.390. The van der Waals surface area contributed by atoms with E-state index < -0.39 is 0 Å². The van der Waals surface area contributed by atoms with Crippen LogP contribution in [0.2, 0.25) is 0 Å². The number of thiazole rings is 1. The summed E-state index contributed by atoms with van der Waals surface area (Å²) in [4.78, 5) is 3.96. The summed E-state index contributed by atoms with van der Waals surface area (Å²) >= 11 is 1.32. The lowest BCUT2D eigenvalue weighted by atomic mass is 10.2. The van der Waals surface area contributed by atoms with E-state index in [4.69, 9.17) is 19.5 Å². The van der Waals surface area contributed by atoms with Crippen LogP contribution in [0, 0.1) is 11.3 Å². The predicted octanol–water partition coefficient (Wildman–Crippen LogP) is 1.94. The quantitative estimate of drug-likeness (QED) is 0.751. The monoisotopic (exact) mass is 254 g/mol. The molecule has 1 atom stereocenters. The van der Waals surface area contributed by atoms with Crippen molar-refractivity contribution in [2.24, 2.45) is 0 Å².